The van der Waals surface area contributed by atoms with E-state index in [1.165, 1.54) is 18.2 Å². The molecule has 0 heterocycles. The fourth-order valence-electron chi connectivity index (χ4n) is 1.52. The molecule has 0 aliphatic carbocycles. The first kappa shape index (κ1) is 16.1. The van der Waals surface area contributed by atoms with E-state index in [1.54, 1.807) is 7.05 Å². The first-order valence-corrected chi connectivity index (χ1v) is 7.81. The first-order valence-electron chi connectivity index (χ1n) is 6.33. The summed E-state index contributed by atoms with van der Waals surface area (Å²) in [4.78, 5) is 0.0995. The van der Waals surface area contributed by atoms with Gasteiger partial charge in [-0.3, -0.25) is 0 Å². The number of nitrogens with one attached hydrogen (secondary N) is 2. The van der Waals surface area contributed by atoms with Gasteiger partial charge in [0, 0.05) is 18.7 Å². The lowest BCUT2D eigenvalue weighted by Gasteiger charge is -2.12. The smallest absolute Gasteiger partial charge is 0.240 e. The number of halogens is 1. The number of rotatable bonds is 7. The van der Waals surface area contributed by atoms with Crippen molar-refractivity contribution in [2.75, 3.05) is 13.6 Å². The van der Waals surface area contributed by atoms with Gasteiger partial charge in [0.15, 0.2) is 0 Å². The Morgan fingerprint density at radius 2 is 2.05 bits per heavy atom. The van der Waals surface area contributed by atoms with Crippen LogP contribution in [0.2, 0.25) is 0 Å². The predicted molar refractivity (Wildman–Crippen MR) is 73.8 cm³/mol. The number of sulfonamides is 1. The molecule has 0 saturated heterocycles. The van der Waals surface area contributed by atoms with Gasteiger partial charge in [-0.15, -0.1) is 0 Å². The summed E-state index contributed by atoms with van der Waals surface area (Å²) in [5.74, 6) is -0.137. The number of benzene rings is 1. The van der Waals surface area contributed by atoms with Crippen LogP contribution in [0.15, 0.2) is 23.1 Å². The Kier molecular flexibility index (Phi) is 5.90. The Hall–Kier alpha value is -0.980. The number of hydrogen-bond donors (Lipinski definition) is 2. The second-order valence-electron chi connectivity index (χ2n) is 4.65. The van der Waals surface area contributed by atoms with Crippen LogP contribution in [0.4, 0.5) is 4.39 Å². The molecule has 19 heavy (non-hydrogen) atoms. The lowest BCUT2D eigenvalue weighted by Crippen LogP contribution is -2.28. The van der Waals surface area contributed by atoms with E-state index in [0.29, 0.717) is 18.7 Å². The molecule has 0 amide bonds. The molecule has 0 spiro atoms. The van der Waals surface area contributed by atoms with Crippen LogP contribution >= 0.6 is 0 Å². The van der Waals surface area contributed by atoms with Gasteiger partial charge in [-0.05, 0) is 31.2 Å². The zero-order valence-electron chi connectivity index (χ0n) is 11.5. The summed E-state index contributed by atoms with van der Waals surface area (Å²) in [5, 5.41) is 2.81. The summed E-state index contributed by atoms with van der Waals surface area (Å²) in [6.07, 6.45) is 0.900. The van der Waals surface area contributed by atoms with Gasteiger partial charge in [0.05, 0.1) is 4.90 Å². The maximum absolute atomic E-state index is 13.5. The summed E-state index contributed by atoms with van der Waals surface area (Å²) >= 11 is 0. The lowest BCUT2D eigenvalue weighted by atomic mass is 10.1. The molecule has 4 nitrogen and oxygen atoms in total. The molecular weight excluding hydrogens is 267 g/mol. The van der Waals surface area contributed by atoms with Crippen LogP contribution in [0.3, 0.4) is 0 Å². The van der Waals surface area contributed by atoms with Crippen LogP contribution in [-0.2, 0) is 16.6 Å². The minimum absolute atomic E-state index is 0.0995. The highest BCUT2D eigenvalue weighted by Gasteiger charge is 2.16. The predicted octanol–water partition coefficient (Wildman–Crippen LogP) is 1.87. The van der Waals surface area contributed by atoms with Crippen molar-refractivity contribution in [1.29, 1.82) is 0 Å². The van der Waals surface area contributed by atoms with E-state index in [1.807, 2.05) is 13.8 Å². The van der Waals surface area contributed by atoms with Crippen molar-refractivity contribution in [2.24, 2.45) is 5.92 Å². The van der Waals surface area contributed by atoms with Crippen molar-refractivity contribution >= 4 is 10.0 Å². The van der Waals surface area contributed by atoms with Gasteiger partial charge in [-0.1, -0.05) is 20.3 Å². The van der Waals surface area contributed by atoms with Crippen LogP contribution in [0, 0.1) is 11.7 Å². The van der Waals surface area contributed by atoms with E-state index in [-0.39, 0.29) is 10.8 Å². The molecule has 0 aliphatic heterocycles. The minimum atomic E-state index is -3.57. The topological polar surface area (TPSA) is 58.2 Å². The van der Waals surface area contributed by atoms with Crippen LogP contribution in [0.25, 0.3) is 0 Å². The second-order valence-corrected chi connectivity index (χ2v) is 6.42. The van der Waals surface area contributed by atoms with Crippen molar-refractivity contribution in [2.45, 2.75) is 31.7 Å². The zero-order valence-corrected chi connectivity index (χ0v) is 12.3. The average Bonchev–Trinajstić information content (AvgIpc) is 2.38. The Labute approximate surface area is 114 Å². The summed E-state index contributed by atoms with van der Waals surface area (Å²) in [5.41, 5.74) is 0.342. The van der Waals surface area contributed by atoms with Gasteiger partial charge in [-0.2, -0.15) is 0 Å². The molecule has 2 N–H and O–H groups in total. The average molecular weight is 288 g/mol. The molecule has 0 aromatic heterocycles. The molecule has 0 bridgehead atoms. The maximum atomic E-state index is 13.5. The largest absolute Gasteiger partial charge is 0.316 e. The van der Waals surface area contributed by atoms with Crippen molar-refractivity contribution < 1.29 is 12.8 Å². The molecule has 1 rings (SSSR count). The maximum Gasteiger partial charge on any atom is 0.240 e. The highest BCUT2D eigenvalue weighted by Crippen LogP contribution is 2.15. The van der Waals surface area contributed by atoms with Gasteiger partial charge in [0.1, 0.15) is 5.82 Å². The monoisotopic (exact) mass is 288 g/mol. The molecule has 0 aliphatic rings. The quantitative estimate of drug-likeness (QED) is 0.805. The molecule has 108 valence electrons. The van der Waals surface area contributed by atoms with Gasteiger partial charge in [-0.25, -0.2) is 17.5 Å². The van der Waals surface area contributed by atoms with Gasteiger partial charge in [0.2, 0.25) is 10.0 Å². The molecule has 1 aromatic carbocycles. The van der Waals surface area contributed by atoms with Gasteiger partial charge in [0.25, 0.3) is 0 Å². The van der Waals surface area contributed by atoms with E-state index in [2.05, 4.69) is 10.0 Å². The Bertz CT molecular complexity index is 517. The van der Waals surface area contributed by atoms with Crippen LogP contribution in [0.5, 0.6) is 0 Å². The normalized spacial score (nSPS) is 13.5. The van der Waals surface area contributed by atoms with Crippen LogP contribution < -0.4 is 10.0 Å². The lowest BCUT2D eigenvalue weighted by molar-refractivity contribution is 0.528. The Morgan fingerprint density at radius 1 is 1.37 bits per heavy atom. The molecule has 1 aromatic rings. The molecule has 6 heteroatoms. The standard InChI is InChI=1S/C13H21FN2O2S/c1-4-10(2)8-16-19(17,18)12-5-6-13(14)11(7-12)9-15-3/h5-7,10,15-16H,4,8-9H2,1-3H3. The summed E-state index contributed by atoms with van der Waals surface area (Å²) in [7, 11) is -1.89. The van der Waals surface area contributed by atoms with Gasteiger partial charge < -0.3 is 5.32 Å². The molecule has 0 fully saturated rings. The first-order chi connectivity index (χ1) is 8.90. The van der Waals surface area contributed by atoms with Crippen molar-refractivity contribution in [3.8, 4) is 0 Å². The summed E-state index contributed by atoms with van der Waals surface area (Å²) < 4.78 is 40.1. The SMILES string of the molecule is CCC(C)CNS(=O)(=O)c1ccc(F)c(CNC)c1. The fourth-order valence-corrected chi connectivity index (χ4v) is 2.74. The van der Waals surface area contributed by atoms with Gasteiger partial charge >= 0.3 is 0 Å². The molecule has 1 unspecified atom stereocenters. The highest BCUT2D eigenvalue weighted by molar-refractivity contribution is 7.89. The molecule has 0 radical (unpaired) electrons. The van der Waals surface area contributed by atoms with E-state index in [9.17, 15) is 12.8 Å². The third kappa shape index (κ3) is 4.56. The highest BCUT2D eigenvalue weighted by atomic mass is 32.2. The molecular formula is C13H21FN2O2S. The molecule has 1 atom stereocenters. The van der Waals surface area contributed by atoms with E-state index in [4.69, 9.17) is 0 Å². The Morgan fingerprint density at radius 3 is 2.63 bits per heavy atom. The summed E-state index contributed by atoms with van der Waals surface area (Å²) in [6, 6.07) is 3.84. The molecule has 0 saturated carbocycles. The van der Waals surface area contributed by atoms with E-state index in [0.717, 1.165) is 6.42 Å². The zero-order chi connectivity index (χ0) is 14.5. The van der Waals surface area contributed by atoms with Crippen molar-refractivity contribution in [3.05, 3.63) is 29.6 Å². The third-order valence-corrected chi connectivity index (χ3v) is 4.43. The number of hydrogen-bond acceptors (Lipinski definition) is 3. The van der Waals surface area contributed by atoms with Crippen LogP contribution in [-0.4, -0.2) is 22.0 Å². The minimum Gasteiger partial charge on any atom is -0.316 e. The van der Waals surface area contributed by atoms with Crippen molar-refractivity contribution in [3.63, 3.8) is 0 Å². The second kappa shape index (κ2) is 6.98. The summed E-state index contributed by atoms with van der Waals surface area (Å²) in [6.45, 7) is 4.65. The third-order valence-electron chi connectivity index (χ3n) is 3.01. The van der Waals surface area contributed by atoms with E-state index < -0.39 is 15.8 Å². The fraction of sp³-hybridized carbons (Fsp3) is 0.538. The van der Waals surface area contributed by atoms with Crippen molar-refractivity contribution in [1.82, 2.24) is 10.0 Å². The Balaban J connectivity index is 2.92. The van der Waals surface area contributed by atoms with E-state index >= 15 is 0 Å². The van der Waals surface area contributed by atoms with Crippen LogP contribution in [0.1, 0.15) is 25.8 Å².